The first-order chi connectivity index (χ1) is 19.9. The molecule has 2 aromatic heterocycles. The van der Waals surface area contributed by atoms with Crippen molar-refractivity contribution in [3.63, 3.8) is 0 Å². The van der Waals surface area contributed by atoms with Crippen molar-refractivity contribution in [1.29, 1.82) is 0 Å². The smallest absolute Gasteiger partial charge is 0.490 e. The van der Waals surface area contributed by atoms with Crippen LogP contribution in [0.2, 0.25) is 0 Å². The Balaban J connectivity index is 0.000000384. The number of primary amides is 1. The summed E-state index contributed by atoms with van der Waals surface area (Å²) in [5, 5.41) is 24.5. The summed E-state index contributed by atoms with van der Waals surface area (Å²) in [4.78, 5) is 43.2. The molecule has 43 heavy (non-hydrogen) atoms. The third kappa shape index (κ3) is 11.3. The highest BCUT2D eigenvalue weighted by molar-refractivity contribution is 9.10. The van der Waals surface area contributed by atoms with E-state index in [1.54, 1.807) is 6.20 Å². The Morgan fingerprint density at radius 3 is 2.16 bits per heavy atom. The number of imidazole rings is 1. The van der Waals surface area contributed by atoms with Gasteiger partial charge in [-0.25, -0.2) is 19.6 Å². The first-order valence-corrected chi connectivity index (χ1v) is 12.7. The number of pyridine rings is 1. The number of fused-ring (bicyclic) bond motifs is 1. The van der Waals surface area contributed by atoms with E-state index in [-0.39, 0.29) is 18.6 Å². The number of rotatable bonds is 7. The molecule has 1 aliphatic heterocycles. The number of amides is 1. The number of nitrogens with two attached hydrogens (primary N) is 1. The largest absolute Gasteiger partial charge is 0.491 e. The Hall–Kier alpha value is -3.97. The molecule has 0 aliphatic carbocycles. The molecule has 236 valence electrons. The summed E-state index contributed by atoms with van der Waals surface area (Å²) >= 11 is 3.39. The van der Waals surface area contributed by atoms with E-state index in [0.29, 0.717) is 12.3 Å². The van der Waals surface area contributed by atoms with Crippen molar-refractivity contribution in [2.45, 2.75) is 37.3 Å². The molecule has 0 radical (unpaired) electrons. The van der Waals surface area contributed by atoms with Crippen LogP contribution in [0.5, 0.6) is 5.75 Å². The normalized spacial score (nSPS) is 16.0. The number of β-amino-alcohol motifs (C(OH)–C–C–N with tert-alkyl or cyclic N) is 1. The highest BCUT2D eigenvalue weighted by Crippen LogP contribution is 2.24. The predicted molar refractivity (Wildman–Crippen MR) is 140 cm³/mol. The van der Waals surface area contributed by atoms with Gasteiger partial charge in [-0.15, -0.1) is 0 Å². The lowest BCUT2D eigenvalue weighted by Crippen LogP contribution is -2.44. The van der Waals surface area contributed by atoms with Gasteiger partial charge >= 0.3 is 24.3 Å². The molecule has 0 saturated carbocycles. The third-order valence-corrected chi connectivity index (χ3v) is 5.93. The first kappa shape index (κ1) is 35.2. The Bertz CT molecular complexity index is 1380. The first-order valence-electron chi connectivity index (χ1n) is 11.9. The standard InChI is InChI=1S/C20H22BrN5O3.2C2HF3O2/c21-13-8-16-20(23-9-13)25-19(24-16)12-3-5-15(6-4-12)29-11-14(27)10-26-7-1-2-17(26)18(22)28;2*3-2(4,5)1(6)7/h3-6,8-9,14,17,27H,1-2,7,10-11H2,(H2,22,28)(H,23,24,25);2*(H,6,7). The number of hydrogen-bond donors (Lipinski definition) is 5. The van der Waals surface area contributed by atoms with Gasteiger partial charge in [-0.3, -0.25) is 9.69 Å². The van der Waals surface area contributed by atoms with Crippen LogP contribution < -0.4 is 10.5 Å². The lowest BCUT2D eigenvalue weighted by atomic mass is 10.2. The summed E-state index contributed by atoms with van der Waals surface area (Å²) in [5.74, 6) is -4.47. The van der Waals surface area contributed by atoms with Crippen LogP contribution in [0, 0.1) is 0 Å². The molecule has 1 saturated heterocycles. The van der Waals surface area contributed by atoms with Gasteiger partial charge in [0.1, 0.15) is 29.8 Å². The zero-order valence-electron chi connectivity index (χ0n) is 21.7. The number of aromatic nitrogens is 3. The maximum atomic E-state index is 11.4. The number of halogens is 7. The Kier molecular flexibility index (Phi) is 12.3. The average molecular weight is 688 g/mol. The van der Waals surface area contributed by atoms with Crippen LogP contribution in [-0.2, 0) is 14.4 Å². The van der Waals surface area contributed by atoms with Crippen LogP contribution >= 0.6 is 15.9 Å². The highest BCUT2D eigenvalue weighted by Gasteiger charge is 2.39. The second kappa shape index (κ2) is 15.0. The van der Waals surface area contributed by atoms with Gasteiger partial charge in [0.05, 0.1) is 6.04 Å². The van der Waals surface area contributed by atoms with E-state index in [9.17, 15) is 36.2 Å². The van der Waals surface area contributed by atoms with Crippen molar-refractivity contribution >= 4 is 44.9 Å². The number of carboxylic acid groups (broad SMARTS) is 2. The molecule has 3 aromatic rings. The lowest BCUT2D eigenvalue weighted by Gasteiger charge is -2.24. The van der Waals surface area contributed by atoms with Crippen molar-refractivity contribution in [2.75, 3.05) is 19.7 Å². The SMILES string of the molecule is NC(=O)C1CCCN1CC(O)COc1ccc(-c2nc3cc(Br)cnc3[nH]2)cc1.O=C(O)C(F)(F)F.O=C(O)C(F)(F)F. The number of aliphatic carboxylic acids is 2. The van der Waals surface area contributed by atoms with Crippen molar-refractivity contribution in [1.82, 2.24) is 19.9 Å². The van der Waals surface area contributed by atoms with E-state index in [0.717, 1.165) is 46.4 Å². The van der Waals surface area contributed by atoms with E-state index < -0.39 is 30.4 Å². The minimum Gasteiger partial charge on any atom is -0.491 e. The third-order valence-electron chi connectivity index (χ3n) is 5.50. The Morgan fingerprint density at radius 2 is 1.65 bits per heavy atom. The Morgan fingerprint density at radius 1 is 1.09 bits per heavy atom. The zero-order valence-corrected chi connectivity index (χ0v) is 23.3. The topological polar surface area (TPSA) is 192 Å². The molecule has 12 nitrogen and oxygen atoms in total. The van der Waals surface area contributed by atoms with Crippen molar-refractivity contribution < 1.29 is 60.8 Å². The molecule has 1 aromatic carbocycles. The van der Waals surface area contributed by atoms with E-state index in [1.165, 1.54) is 0 Å². The fourth-order valence-corrected chi connectivity index (χ4v) is 3.92. The molecule has 19 heteroatoms. The lowest BCUT2D eigenvalue weighted by molar-refractivity contribution is -0.193. The van der Waals surface area contributed by atoms with E-state index in [1.807, 2.05) is 35.2 Å². The maximum Gasteiger partial charge on any atom is 0.490 e. The van der Waals surface area contributed by atoms with Gasteiger partial charge < -0.3 is 30.8 Å². The van der Waals surface area contributed by atoms with Gasteiger partial charge in [0.15, 0.2) is 5.65 Å². The van der Waals surface area contributed by atoms with Gasteiger partial charge in [0.2, 0.25) is 5.91 Å². The zero-order chi connectivity index (χ0) is 32.5. The van der Waals surface area contributed by atoms with Crippen molar-refractivity contribution in [3.05, 3.63) is 41.0 Å². The quantitative estimate of drug-likeness (QED) is 0.230. The van der Waals surface area contributed by atoms with Gasteiger partial charge in [-0.05, 0) is 65.6 Å². The molecule has 2 unspecified atom stereocenters. The van der Waals surface area contributed by atoms with Crippen LogP contribution in [0.3, 0.4) is 0 Å². The fraction of sp³-hybridized carbons (Fsp3) is 0.375. The summed E-state index contributed by atoms with van der Waals surface area (Å²) < 4.78 is 70.0. The molecule has 1 fully saturated rings. The second-order valence-electron chi connectivity index (χ2n) is 8.76. The summed E-state index contributed by atoms with van der Waals surface area (Å²) in [6.45, 7) is 1.28. The van der Waals surface area contributed by atoms with E-state index in [2.05, 4.69) is 30.9 Å². The number of aliphatic hydroxyl groups excluding tert-OH is 1. The number of aliphatic hydroxyl groups is 1. The molecule has 4 rings (SSSR count). The number of carbonyl (C=O) groups excluding carboxylic acids is 1. The number of likely N-dealkylation sites (tertiary alicyclic amines) is 1. The number of carbonyl (C=O) groups is 3. The summed E-state index contributed by atoms with van der Waals surface area (Å²) in [6, 6.07) is 9.09. The van der Waals surface area contributed by atoms with Crippen LogP contribution in [0.1, 0.15) is 12.8 Å². The molecular weight excluding hydrogens is 664 g/mol. The van der Waals surface area contributed by atoms with Gasteiger partial charge in [-0.2, -0.15) is 26.3 Å². The van der Waals surface area contributed by atoms with Crippen molar-refractivity contribution in [2.24, 2.45) is 5.73 Å². The van der Waals surface area contributed by atoms with Crippen LogP contribution in [0.4, 0.5) is 26.3 Å². The van der Waals surface area contributed by atoms with Gasteiger partial charge in [0, 0.05) is 22.8 Å². The number of benzene rings is 1. The monoisotopic (exact) mass is 687 g/mol. The van der Waals surface area contributed by atoms with Crippen LogP contribution in [0.25, 0.3) is 22.6 Å². The number of hydrogen-bond acceptors (Lipinski definition) is 8. The number of nitrogens with one attached hydrogen (secondary N) is 1. The molecule has 6 N–H and O–H groups in total. The van der Waals surface area contributed by atoms with Gasteiger partial charge in [-0.1, -0.05) is 0 Å². The minimum atomic E-state index is -5.08. The number of carboxylic acids is 2. The minimum absolute atomic E-state index is 0.143. The molecule has 0 spiro atoms. The second-order valence-corrected chi connectivity index (χ2v) is 9.67. The van der Waals surface area contributed by atoms with Gasteiger partial charge in [0.25, 0.3) is 0 Å². The molecule has 1 aliphatic rings. The van der Waals surface area contributed by atoms with E-state index >= 15 is 0 Å². The molecule has 0 bridgehead atoms. The number of nitrogens with zero attached hydrogens (tertiary/aromatic N) is 3. The molecule has 2 atom stereocenters. The van der Waals surface area contributed by atoms with Crippen LogP contribution in [0.15, 0.2) is 41.0 Å². The average Bonchev–Trinajstić information content (AvgIpc) is 3.54. The number of ether oxygens (including phenoxy) is 1. The number of H-pyrrole nitrogens is 1. The predicted octanol–water partition coefficient (Wildman–Crippen LogP) is 3.34. The van der Waals surface area contributed by atoms with Crippen molar-refractivity contribution in [3.8, 4) is 17.1 Å². The van der Waals surface area contributed by atoms with E-state index in [4.69, 9.17) is 30.3 Å². The van der Waals surface area contributed by atoms with Crippen LogP contribution in [-0.4, -0.2) is 97.2 Å². The molecule has 1 amide bonds. The number of aromatic amines is 1. The fourth-order valence-electron chi connectivity index (χ4n) is 3.60. The number of alkyl halides is 6. The summed E-state index contributed by atoms with van der Waals surface area (Å²) in [7, 11) is 0. The maximum absolute atomic E-state index is 11.4. The molecular formula is C24H24BrF6N5O7. The molecule has 3 heterocycles. The summed E-state index contributed by atoms with van der Waals surface area (Å²) in [5.41, 5.74) is 7.84. The highest BCUT2D eigenvalue weighted by atomic mass is 79.9. The summed E-state index contributed by atoms with van der Waals surface area (Å²) in [6.07, 6.45) is -7.48. The Labute approximate surface area is 246 Å².